The molecule has 1 saturated heterocycles. The van der Waals surface area contributed by atoms with Crippen molar-refractivity contribution < 1.29 is 14.3 Å². The second kappa shape index (κ2) is 6.17. The van der Waals surface area contributed by atoms with E-state index in [0.717, 1.165) is 17.4 Å². The molecule has 0 bridgehead atoms. The number of aromatic nitrogens is 1. The van der Waals surface area contributed by atoms with Crippen LogP contribution in [0.1, 0.15) is 26.3 Å². The first-order valence-corrected chi connectivity index (χ1v) is 7.97. The first kappa shape index (κ1) is 16.3. The molecule has 1 fully saturated rings. The second-order valence-corrected chi connectivity index (χ2v) is 7.06. The van der Waals surface area contributed by atoms with Gasteiger partial charge in [0.2, 0.25) is 0 Å². The number of fused-ring (bicyclic) bond motifs is 1. The van der Waals surface area contributed by atoms with Crippen LogP contribution in [0.25, 0.3) is 10.9 Å². The molecular weight excluding hydrogens is 306 g/mol. The standard InChI is InChI=1S/C18H21N3O3/c1-18(2,3)24-17(22)20-16-7-14-5-4-12(8-19)6-15(14)21(16)9-13-10-23-11-13/h4-7,13H,9-11H2,1-3H3,(H,20,22). The van der Waals surface area contributed by atoms with Crippen molar-refractivity contribution in [2.45, 2.75) is 32.9 Å². The van der Waals surface area contributed by atoms with Crippen LogP contribution >= 0.6 is 0 Å². The smallest absolute Gasteiger partial charge is 0.413 e. The molecule has 1 aliphatic rings. The zero-order valence-electron chi connectivity index (χ0n) is 14.1. The predicted octanol–water partition coefficient (Wildman–Crippen LogP) is 3.51. The van der Waals surface area contributed by atoms with Gasteiger partial charge >= 0.3 is 6.09 Å². The van der Waals surface area contributed by atoms with E-state index in [2.05, 4.69) is 11.4 Å². The minimum atomic E-state index is -0.559. The Balaban J connectivity index is 1.94. The molecular formula is C18H21N3O3. The van der Waals surface area contributed by atoms with Crippen molar-refractivity contribution in [3.05, 3.63) is 29.8 Å². The van der Waals surface area contributed by atoms with Gasteiger partial charge in [0.1, 0.15) is 11.4 Å². The summed E-state index contributed by atoms with van der Waals surface area (Å²) in [5.74, 6) is 1.08. The Morgan fingerprint density at radius 2 is 2.17 bits per heavy atom. The Morgan fingerprint density at radius 1 is 1.42 bits per heavy atom. The number of rotatable bonds is 3. The number of hydrogen-bond donors (Lipinski definition) is 1. The number of nitrogens with one attached hydrogen (secondary N) is 1. The summed E-state index contributed by atoms with van der Waals surface area (Å²) in [5, 5.41) is 12.9. The molecule has 1 amide bonds. The van der Waals surface area contributed by atoms with Crippen molar-refractivity contribution in [3.8, 4) is 6.07 Å². The van der Waals surface area contributed by atoms with Gasteiger partial charge in [-0.2, -0.15) is 5.26 Å². The minimum absolute atomic E-state index is 0.408. The summed E-state index contributed by atoms with van der Waals surface area (Å²) in [6.07, 6.45) is -0.489. The lowest BCUT2D eigenvalue weighted by Crippen LogP contribution is -2.32. The second-order valence-electron chi connectivity index (χ2n) is 7.06. The molecule has 24 heavy (non-hydrogen) atoms. The van der Waals surface area contributed by atoms with Gasteiger partial charge in [-0.3, -0.25) is 5.32 Å². The first-order valence-electron chi connectivity index (χ1n) is 7.97. The van der Waals surface area contributed by atoms with Crippen LogP contribution in [0.2, 0.25) is 0 Å². The molecule has 0 saturated carbocycles. The number of carbonyl (C=O) groups excluding carboxylic acids is 1. The molecule has 0 spiro atoms. The molecule has 1 aromatic carbocycles. The minimum Gasteiger partial charge on any atom is -0.444 e. The Bertz CT molecular complexity index is 807. The van der Waals surface area contributed by atoms with E-state index in [1.165, 1.54) is 0 Å². The summed E-state index contributed by atoms with van der Waals surface area (Å²) in [7, 11) is 0. The molecule has 0 aliphatic carbocycles. The normalized spacial score (nSPS) is 14.9. The summed E-state index contributed by atoms with van der Waals surface area (Å²) < 4.78 is 12.6. The van der Waals surface area contributed by atoms with Gasteiger partial charge < -0.3 is 14.0 Å². The Labute approximate surface area is 141 Å². The maximum absolute atomic E-state index is 12.1. The molecule has 0 unspecified atom stereocenters. The summed E-state index contributed by atoms with van der Waals surface area (Å²) in [6, 6.07) is 9.57. The maximum atomic E-state index is 12.1. The monoisotopic (exact) mass is 327 g/mol. The first-order chi connectivity index (χ1) is 11.4. The van der Waals surface area contributed by atoms with Crippen LogP contribution in [0.5, 0.6) is 0 Å². The number of ether oxygens (including phenoxy) is 2. The van der Waals surface area contributed by atoms with Crippen LogP contribution in [0.4, 0.5) is 10.6 Å². The molecule has 6 heteroatoms. The van der Waals surface area contributed by atoms with Crippen molar-refractivity contribution in [3.63, 3.8) is 0 Å². The summed E-state index contributed by atoms with van der Waals surface area (Å²) in [5.41, 5.74) is 0.957. The van der Waals surface area contributed by atoms with Crippen LogP contribution in [0.3, 0.4) is 0 Å². The van der Waals surface area contributed by atoms with Crippen LogP contribution in [0, 0.1) is 17.2 Å². The van der Waals surface area contributed by atoms with Gasteiger partial charge in [0.25, 0.3) is 0 Å². The van der Waals surface area contributed by atoms with Gasteiger partial charge in [0.15, 0.2) is 0 Å². The molecule has 6 nitrogen and oxygen atoms in total. The van der Waals surface area contributed by atoms with Gasteiger partial charge in [-0.25, -0.2) is 4.79 Å². The van der Waals surface area contributed by atoms with Gasteiger partial charge in [-0.05, 0) is 39.0 Å². The quantitative estimate of drug-likeness (QED) is 0.936. The molecule has 0 radical (unpaired) electrons. The molecule has 2 aromatic rings. The molecule has 0 atom stereocenters. The van der Waals surface area contributed by atoms with E-state index in [-0.39, 0.29) is 0 Å². The number of amides is 1. The van der Waals surface area contributed by atoms with E-state index in [1.54, 1.807) is 6.07 Å². The summed E-state index contributed by atoms with van der Waals surface area (Å²) >= 11 is 0. The van der Waals surface area contributed by atoms with Crippen LogP contribution in [0.15, 0.2) is 24.3 Å². The summed E-state index contributed by atoms with van der Waals surface area (Å²) in [6.45, 7) is 7.63. The zero-order valence-corrected chi connectivity index (χ0v) is 14.1. The predicted molar refractivity (Wildman–Crippen MR) is 90.8 cm³/mol. The third-order valence-electron chi connectivity index (χ3n) is 3.81. The van der Waals surface area contributed by atoms with E-state index < -0.39 is 11.7 Å². The van der Waals surface area contributed by atoms with E-state index in [1.807, 2.05) is 43.5 Å². The largest absolute Gasteiger partial charge is 0.444 e. The SMILES string of the molecule is CC(C)(C)OC(=O)Nc1cc2ccc(C#N)cc2n1CC1COC1. The van der Waals surface area contributed by atoms with Crippen molar-refractivity contribution in [2.24, 2.45) is 5.92 Å². The molecule has 1 aromatic heterocycles. The number of benzene rings is 1. The van der Waals surface area contributed by atoms with E-state index in [4.69, 9.17) is 14.7 Å². The van der Waals surface area contributed by atoms with Crippen LogP contribution in [-0.4, -0.2) is 29.5 Å². The van der Waals surface area contributed by atoms with E-state index >= 15 is 0 Å². The van der Waals surface area contributed by atoms with Gasteiger partial charge in [0, 0.05) is 17.8 Å². The van der Waals surface area contributed by atoms with Crippen LogP contribution < -0.4 is 5.32 Å². The van der Waals surface area contributed by atoms with Gasteiger partial charge in [0.05, 0.1) is 30.4 Å². The molecule has 1 aliphatic heterocycles. The highest BCUT2D eigenvalue weighted by atomic mass is 16.6. The van der Waals surface area contributed by atoms with Crippen molar-refractivity contribution in [1.29, 1.82) is 5.26 Å². The number of nitriles is 1. The average Bonchev–Trinajstić information content (AvgIpc) is 2.76. The van der Waals surface area contributed by atoms with Gasteiger partial charge in [-0.15, -0.1) is 0 Å². The lowest BCUT2D eigenvalue weighted by Gasteiger charge is -2.27. The number of carbonyl (C=O) groups is 1. The highest BCUT2D eigenvalue weighted by molar-refractivity contribution is 5.92. The van der Waals surface area contributed by atoms with Gasteiger partial charge in [-0.1, -0.05) is 6.07 Å². The highest BCUT2D eigenvalue weighted by Gasteiger charge is 2.23. The lowest BCUT2D eigenvalue weighted by atomic mass is 10.1. The number of anilines is 1. The zero-order chi connectivity index (χ0) is 17.3. The van der Waals surface area contributed by atoms with Crippen LogP contribution in [-0.2, 0) is 16.0 Å². The average molecular weight is 327 g/mol. The fourth-order valence-electron chi connectivity index (χ4n) is 2.68. The number of hydrogen-bond acceptors (Lipinski definition) is 4. The maximum Gasteiger partial charge on any atom is 0.413 e. The molecule has 1 N–H and O–H groups in total. The fraction of sp³-hybridized carbons (Fsp3) is 0.444. The molecule has 126 valence electrons. The number of nitrogens with zero attached hydrogens (tertiary/aromatic N) is 2. The fourth-order valence-corrected chi connectivity index (χ4v) is 2.68. The topological polar surface area (TPSA) is 76.3 Å². The Kier molecular flexibility index (Phi) is 4.20. The molecule has 2 heterocycles. The highest BCUT2D eigenvalue weighted by Crippen LogP contribution is 2.28. The third-order valence-corrected chi connectivity index (χ3v) is 3.81. The van der Waals surface area contributed by atoms with Crippen molar-refractivity contribution in [2.75, 3.05) is 18.5 Å². The molecule has 3 rings (SSSR count). The third kappa shape index (κ3) is 3.52. The van der Waals surface area contributed by atoms with Crippen molar-refractivity contribution >= 4 is 22.8 Å². The Hall–Kier alpha value is -2.52. The van der Waals surface area contributed by atoms with E-state index in [9.17, 15) is 4.79 Å². The van der Waals surface area contributed by atoms with E-state index in [0.29, 0.717) is 30.5 Å². The Morgan fingerprint density at radius 3 is 2.75 bits per heavy atom. The summed E-state index contributed by atoms with van der Waals surface area (Å²) in [4.78, 5) is 12.1. The van der Waals surface area contributed by atoms with Crippen molar-refractivity contribution in [1.82, 2.24) is 4.57 Å². The lowest BCUT2D eigenvalue weighted by molar-refractivity contribution is -0.0386.